The van der Waals surface area contributed by atoms with Crippen molar-refractivity contribution >= 4 is 17.3 Å². The molecule has 2 aliphatic rings. The fourth-order valence-corrected chi connectivity index (χ4v) is 3.46. The molecular formula is C20H31N3O. The summed E-state index contributed by atoms with van der Waals surface area (Å²) in [5.74, 6) is 0.922. The summed E-state index contributed by atoms with van der Waals surface area (Å²) in [6, 6.07) is 8.36. The molecule has 1 amide bonds. The smallest absolute Gasteiger partial charge is 0.238 e. The lowest BCUT2D eigenvalue weighted by atomic mass is 10.2. The zero-order chi connectivity index (χ0) is 16.8. The Hall–Kier alpha value is -1.55. The first-order valence-electron chi connectivity index (χ1n) is 9.62. The Morgan fingerprint density at radius 1 is 1.12 bits per heavy atom. The van der Waals surface area contributed by atoms with E-state index < -0.39 is 0 Å². The Labute approximate surface area is 146 Å². The summed E-state index contributed by atoms with van der Waals surface area (Å²) in [6.45, 7) is 6.94. The van der Waals surface area contributed by atoms with Gasteiger partial charge in [-0.2, -0.15) is 0 Å². The molecule has 1 aliphatic heterocycles. The zero-order valence-corrected chi connectivity index (χ0v) is 15.0. The molecule has 0 bridgehead atoms. The number of carbonyl (C=O) groups is 1. The molecule has 4 heteroatoms. The lowest BCUT2D eigenvalue weighted by Gasteiger charge is -2.23. The summed E-state index contributed by atoms with van der Waals surface area (Å²) in [4.78, 5) is 17.0. The lowest BCUT2D eigenvalue weighted by Crippen LogP contribution is -2.34. The maximum Gasteiger partial charge on any atom is 0.238 e. The van der Waals surface area contributed by atoms with Crippen molar-refractivity contribution < 1.29 is 4.79 Å². The molecule has 2 fully saturated rings. The Kier molecular flexibility index (Phi) is 6.13. The molecular weight excluding hydrogens is 298 g/mol. The van der Waals surface area contributed by atoms with Crippen LogP contribution in [0.3, 0.4) is 0 Å². The van der Waals surface area contributed by atoms with E-state index in [9.17, 15) is 4.79 Å². The van der Waals surface area contributed by atoms with Gasteiger partial charge in [-0.05, 0) is 62.4 Å². The molecule has 3 rings (SSSR count). The summed E-state index contributed by atoms with van der Waals surface area (Å²) in [6.07, 6.45) is 7.92. The third-order valence-corrected chi connectivity index (χ3v) is 5.15. The van der Waals surface area contributed by atoms with Gasteiger partial charge in [0, 0.05) is 31.0 Å². The highest BCUT2D eigenvalue weighted by Crippen LogP contribution is 2.29. The van der Waals surface area contributed by atoms with Gasteiger partial charge < -0.3 is 10.2 Å². The van der Waals surface area contributed by atoms with Gasteiger partial charge in [0.25, 0.3) is 0 Å². The van der Waals surface area contributed by atoms with Gasteiger partial charge in [-0.15, -0.1) is 0 Å². The Bertz CT molecular complexity index is 516. The van der Waals surface area contributed by atoms with Crippen molar-refractivity contribution in [2.24, 2.45) is 5.92 Å². The summed E-state index contributed by atoms with van der Waals surface area (Å²) in [5.41, 5.74) is 2.18. The fraction of sp³-hybridized carbons (Fsp3) is 0.650. The van der Waals surface area contributed by atoms with Crippen LogP contribution in [0, 0.1) is 5.92 Å². The van der Waals surface area contributed by atoms with Crippen molar-refractivity contribution in [3.05, 3.63) is 24.3 Å². The van der Waals surface area contributed by atoms with Gasteiger partial charge in [-0.25, -0.2) is 0 Å². The highest BCUT2D eigenvalue weighted by atomic mass is 16.2. The number of amides is 1. The second kappa shape index (κ2) is 8.52. The van der Waals surface area contributed by atoms with Gasteiger partial charge in [0.15, 0.2) is 0 Å². The van der Waals surface area contributed by atoms with E-state index in [-0.39, 0.29) is 5.91 Å². The molecule has 0 spiro atoms. The maximum absolute atomic E-state index is 12.3. The topological polar surface area (TPSA) is 35.6 Å². The van der Waals surface area contributed by atoms with Crippen molar-refractivity contribution in [1.29, 1.82) is 0 Å². The molecule has 1 N–H and O–H groups in total. The van der Waals surface area contributed by atoms with Gasteiger partial charge in [-0.3, -0.25) is 9.69 Å². The molecule has 0 aromatic heterocycles. The molecule has 1 heterocycles. The molecule has 24 heavy (non-hydrogen) atoms. The Morgan fingerprint density at radius 3 is 2.38 bits per heavy atom. The SMILES string of the molecule is CCN(CC(=O)Nc1ccc(N2CCCCCC2)cc1)CC1CC1. The number of nitrogens with zero attached hydrogens (tertiary/aromatic N) is 2. The van der Waals surface area contributed by atoms with Crippen LogP contribution >= 0.6 is 0 Å². The van der Waals surface area contributed by atoms with Crippen LogP contribution in [0.1, 0.15) is 45.4 Å². The second-order valence-electron chi connectivity index (χ2n) is 7.27. The van der Waals surface area contributed by atoms with E-state index in [0.717, 1.165) is 37.8 Å². The number of rotatable bonds is 7. The first kappa shape index (κ1) is 17.3. The number of hydrogen-bond acceptors (Lipinski definition) is 3. The fourth-order valence-electron chi connectivity index (χ4n) is 3.46. The second-order valence-corrected chi connectivity index (χ2v) is 7.27. The third kappa shape index (κ3) is 5.23. The van der Waals surface area contributed by atoms with Crippen molar-refractivity contribution in [3.8, 4) is 0 Å². The van der Waals surface area contributed by atoms with Gasteiger partial charge in [-0.1, -0.05) is 19.8 Å². The van der Waals surface area contributed by atoms with E-state index in [1.54, 1.807) is 0 Å². The minimum Gasteiger partial charge on any atom is -0.372 e. The summed E-state index contributed by atoms with van der Waals surface area (Å²) >= 11 is 0. The van der Waals surface area contributed by atoms with Crippen LogP contribution in [0.25, 0.3) is 0 Å². The van der Waals surface area contributed by atoms with Crippen molar-refractivity contribution in [3.63, 3.8) is 0 Å². The van der Waals surface area contributed by atoms with E-state index in [0.29, 0.717) is 6.54 Å². The van der Waals surface area contributed by atoms with Crippen molar-refractivity contribution in [2.45, 2.75) is 45.4 Å². The van der Waals surface area contributed by atoms with Gasteiger partial charge >= 0.3 is 0 Å². The summed E-state index contributed by atoms with van der Waals surface area (Å²) < 4.78 is 0. The molecule has 1 aliphatic carbocycles. The van der Waals surface area contributed by atoms with Crippen molar-refractivity contribution in [1.82, 2.24) is 4.90 Å². The minimum atomic E-state index is 0.0972. The predicted octanol–water partition coefficient (Wildman–Crippen LogP) is 3.74. The van der Waals surface area contributed by atoms with Gasteiger partial charge in [0.1, 0.15) is 0 Å². The lowest BCUT2D eigenvalue weighted by molar-refractivity contribution is -0.117. The molecule has 4 nitrogen and oxygen atoms in total. The number of anilines is 2. The predicted molar refractivity (Wildman–Crippen MR) is 101 cm³/mol. The molecule has 1 saturated carbocycles. The van der Waals surface area contributed by atoms with Gasteiger partial charge in [0.05, 0.1) is 6.54 Å². The average molecular weight is 329 g/mol. The number of benzene rings is 1. The molecule has 1 aromatic rings. The van der Waals surface area contributed by atoms with E-state index in [1.807, 2.05) is 12.1 Å². The van der Waals surface area contributed by atoms with Crippen LogP contribution < -0.4 is 10.2 Å². The van der Waals surface area contributed by atoms with Crippen LogP contribution in [-0.4, -0.2) is 43.5 Å². The maximum atomic E-state index is 12.3. The number of carbonyl (C=O) groups excluding carboxylic acids is 1. The molecule has 0 radical (unpaired) electrons. The number of nitrogens with one attached hydrogen (secondary N) is 1. The van der Waals surface area contributed by atoms with Crippen LogP contribution in [0.5, 0.6) is 0 Å². The van der Waals surface area contributed by atoms with E-state index in [1.165, 1.54) is 44.2 Å². The average Bonchev–Trinajstić information content (AvgIpc) is 3.41. The molecule has 1 aromatic carbocycles. The molecule has 132 valence electrons. The summed E-state index contributed by atoms with van der Waals surface area (Å²) in [5, 5.41) is 3.04. The standard InChI is InChI=1S/C20H31N3O/c1-2-22(15-17-7-8-17)16-20(24)21-18-9-11-19(12-10-18)23-13-5-3-4-6-14-23/h9-12,17H,2-8,13-16H2,1H3,(H,21,24). The highest BCUT2D eigenvalue weighted by molar-refractivity contribution is 5.92. The van der Waals surface area contributed by atoms with Crippen LogP contribution in [0.2, 0.25) is 0 Å². The summed E-state index contributed by atoms with van der Waals surface area (Å²) in [7, 11) is 0. The third-order valence-electron chi connectivity index (χ3n) is 5.15. The van der Waals surface area contributed by atoms with Gasteiger partial charge in [0.2, 0.25) is 5.91 Å². The Balaban J connectivity index is 1.50. The first-order valence-corrected chi connectivity index (χ1v) is 9.62. The quantitative estimate of drug-likeness (QED) is 0.828. The van der Waals surface area contributed by atoms with Crippen molar-refractivity contribution in [2.75, 3.05) is 42.9 Å². The minimum absolute atomic E-state index is 0.0972. The monoisotopic (exact) mass is 329 g/mol. The van der Waals surface area contributed by atoms with E-state index in [2.05, 4.69) is 34.2 Å². The van der Waals surface area contributed by atoms with E-state index >= 15 is 0 Å². The van der Waals surface area contributed by atoms with E-state index in [4.69, 9.17) is 0 Å². The number of likely N-dealkylation sites (N-methyl/N-ethyl adjacent to an activating group) is 1. The van der Waals surface area contributed by atoms with Crippen LogP contribution in [0.4, 0.5) is 11.4 Å². The molecule has 0 unspecified atom stereocenters. The largest absolute Gasteiger partial charge is 0.372 e. The Morgan fingerprint density at radius 2 is 1.79 bits per heavy atom. The first-order chi connectivity index (χ1) is 11.7. The normalized spacial score (nSPS) is 18.5. The van der Waals surface area contributed by atoms with Crippen LogP contribution in [-0.2, 0) is 4.79 Å². The zero-order valence-electron chi connectivity index (χ0n) is 15.0. The molecule has 0 atom stereocenters. The molecule has 1 saturated heterocycles. The van der Waals surface area contributed by atoms with Crippen LogP contribution in [0.15, 0.2) is 24.3 Å². The highest BCUT2D eigenvalue weighted by Gasteiger charge is 2.24. The number of hydrogen-bond donors (Lipinski definition) is 1.